The Labute approximate surface area is 139 Å². The highest BCUT2D eigenvalue weighted by Gasteiger charge is 2.24. The van der Waals surface area contributed by atoms with Crippen molar-refractivity contribution in [2.24, 2.45) is 5.73 Å². The highest BCUT2D eigenvalue weighted by molar-refractivity contribution is 5.94. The molecule has 1 fully saturated rings. The van der Waals surface area contributed by atoms with E-state index in [1.807, 2.05) is 58.1 Å². The Morgan fingerprint density at radius 2 is 1.96 bits per heavy atom. The van der Waals surface area contributed by atoms with Crippen LogP contribution in [0.3, 0.4) is 0 Å². The van der Waals surface area contributed by atoms with Crippen LogP contribution >= 0.6 is 0 Å². The summed E-state index contributed by atoms with van der Waals surface area (Å²) in [6, 6.07) is 15.7. The zero-order chi connectivity index (χ0) is 16.5. The Bertz CT molecular complexity index is 871. The molecule has 1 saturated heterocycles. The molecule has 0 spiro atoms. The highest BCUT2D eigenvalue weighted by atomic mass is 16.2. The number of para-hydroxylation sites is 1. The lowest BCUT2D eigenvalue weighted by Gasteiger charge is -2.16. The van der Waals surface area contributed by atoms with Gasteiger partial charge in [0, 0.05) is 24.7 Å². The number of rotatable bonds is 3. The second kappa shape index (κ2) is 6.05. The molecule has 1 atom stereocenters. The smallest absolute Gasteiger partial charge is 0.253 e. The van der Waals surface area contributed by atoms with E-state index in [2.05, 4.69) is 10.3 Å². The first-order chi connectivity index (χ1) is 11.7. The summed E-state index contributed by atoms with van der Waals surface area (Å²) in [7, 11) is 0. The molecule has 2 heterocycles. The maximum absolute atomic E-state index is 12.4. The van der Waals surface area contributed by atoms with E-state index >= 15 is 0 Å². The van der Waals surface area contributed by atoms with Gasteiger partial charge in [0.05, 0.1) is 12.1 Å². The van der Waals surface area contributed by atoms with Crippen molar-refractivity contribution in [3.05, 3.63) is 59.7 Å². The number of amides is 1. The Hall–Kier alpha value is -2.73. The van der Waals surface area contributed by atoms with Gasteiger partial charge in [0.15, 0.2) is 0 Å². The van der Waals surface area contributed by atoms with E-state index in [9.17, 15) is 4.79 Å². The Kier molecular flexibility index (Phi) is 3.74. The number of carbonyl (C=O) groups is 1. The van der Waals surface area contributed by atoms with Gasteiger partial charge in [-0.25, -0.2) is 4.68 Å². The first-order valence-electron chi connectivity index (χ1n) is 8.13. The van der Waals surface area contributed by atoms with Crippen molar-refractivity contribution in [3.8, 4) is 0 Å². The molecule has 0 aliphatic carbocycles. The molecule has 0 saturated carbocycles. The minimum absolute atomic E-state index is 0.0562. The van der Waals surface area contributed by atoms with Crippen molar-refractivity contribution < 1.29 is 4.79 Å². The van der Waals surface area contributed by atoms with Gasteiger partial charge in [-0.1, -0.05) is 29.5 Å². The Morgan fingerprint density at radius 1 is 1.17 bits per heavy atom. The molecule has 1 amide bonds. The zero-order valence-electron chi connectivity index (χ0n) is 13.3. The zero-order valence-corrected chi connectivity index (χ0v) is 13.3. The van der Waals surface area contributed by atoms with E-state index < -0.39 is 0 Å². The van der Waals surface area contributed by atoms with Crippen molar-refractivity contribution in [1.29, 1.82) is 0 Å². The van der Waals surface area contributed by atoms with Crippen LogP contribution in [0, 0.1) is 0 Å². The van der Waals surface area contributed by atoms with E-state index in [0.717, 1.165) is 29.6 Å². The van der Waals surface area contributed by atoms with E-state index in [1.165, 1.54) is 0 Å². The number of fused-ring (bicyclic) bond motifs is 1. The van der Waals surface area contributed by atoms with Gasteiger partial charge in [-0.05, 0) is 36.2 Å². The third-order valence-corrected chi connectivity index (χ3v) is 4.47. The molecular formula is C18H19N5O. The molecule has 6 nitrogen and oxygen atoms in total. The van der Waals surface area contributed by atoms with Gasteiger partial charge in [0.2, 0.25) is 0 Å². The fourth-order valence-corrected chi connectivity index (χ4v) is 3.11. The first kappa shape index (κ1) is 14.8. The summed E-state index contributed by atoms with van der Waals surface area (Å²) in [5, 5.41) is 8.36. The third-order valence-electron chi connectivity index (χ3n) is 4.47. The predicted molar refractivity (Wildman–Crippen MR) is 91.6 cm³/mol. The number of carbonyl (C=O) groups excluding carboxylic acids is 1. The molecule has 0 radical (unpaired) electrons. The van der Waals surface area contributed by atoms with Crippen LogP contribution in [0.5, 0.6) is 0 Å². The van der Waals surface area contributed by atoms with Crippen molar-refractivity contribution >= 4 is 16.9 Å². The van der Waals surface area contributed by atoms with Crippen LogP contribution < -0.4 is 5.73 Å². The van der Waals surface area contributed by atoms with Gasteiger partial charge >= 0.3 is 0 Å². The van der Waals surface area contributed by atoms with Crippen LogP contribution in [0.15, 0.2) is 48.5 Å². The molecule has 1 aromatic heterocycles. The van der Waals surface area contributed by atoms with Crippen LogP contribution in [0.25, 0.3) is 11.0 Å². The average molecular weight is 321 g/mol. The molecule has 122 valence electrons. The molecule has 24 heavy (non-hydrogen) atoms. The molecule has 1 unspecified atom stereocenters. The van der Waals surface area contributed by atoms with Crippen molar-refractivity contribution in [3.63, 3.8) is 0 Å². The quantitative estimate of drug-likeness (QED) is 0.796. The van der Waals surface area contributed by atoms with Gasteiger partial charge in [-0.3, -0.25) is 4.79 Å². The Morgan fingerprint density at radius 3 is 2.71 bits per heavy atom. The molecule has 2 N–H and O–H groups in total. The number of likely N-dealkylation sites (tertiary alicyclic amines) is 1. The molecular weight excluding hydrogens is 302 g/mol. The van der Waals surface area contributed by atoms with Crippen LogP contribution in [-0.4, -0.2) is 44.9 Å². The van der Waals surface area contributed by atoms with E-state index in [0.29, 0.717) is 18.7 Å². The summed E-state index contributed by atoms with van der Waals surface area (Å²) in [6.07, 6.45) is 0.878. The fraction of sp³-hybridized carbons (Fsp3) is 0.278. The van der Waals surface area contributed by atoms with Crippen LogP contribution in [0.4, 0.5) is 0 Å². The van der Waals surface area contributed by atoms with Crippen LogP contribution in [-0.2, 0) is 6.54 Å². The van der Waals surface area contributed by atoms with Crippen molar-refractivity contribution in [2.75, 3.05) is 13.1 Å². The Balaban J connectivity index is 1.50. The minimum atomic E-state index is 0.0562. The average Bonchev–Trinajstić information content (AvgIpc) is 3.22. The topological polar surface area (TPSA) is 77.0 Å². The largest absolute Gasteiger partial charge is 0.337 e. The number of nitrogens with zero attached hydrogens (tertiary/aromatic N) is 4. The lowest BCUT2D eigenvalue weighted by Crippen LogP contribution is -2.31. The number of aromatic nitrogens is 3. The monoisotopic (exact) mass is 321 g/mol. The summed E-state index contributed by atoms with van der Waals surface area (Å²) in [5.74, 6) is 0.0562. The van der Waals surface area contributed by atoms with Crippen LogP contribution in [0.1, 0.15) is 22.3 Å². The number of nitrogens with two attached hydrogens (primary N) is 1. The van der Waals surface area contributed by atoms with Gasteiger partial charge < -0.3 is 10.6 Å². The maximum atomic E-state index is 12.4. The molecule has 2 aromatic carbocycles. The minimum Gasteiger partial charge on any atom is -0.337 e. The summed E-state index contributed by atoms with van der Waals surface area (Å²) in [6.45, 7) is 2.02. The molecule has 0 bridgehead atoms. The molecule has 4 rings (SSSR count). The first-order valence-corrected chi connectivity index (χ1v) is 8.13. The van der Waals surface area contributed by atoms with Gasteiger partial charge in [-0.15, -0.1) is 5.10 Å². The lowest BCUT2D eigenvalue weighted by atomic mass is 10.1. The number of hydrogen-bond donors (Lipinski definition) is 1. The number of hydrogen-bond acceptors (Lipinski definition) is 4. The lowest BCUT2D eigenvalue weighted by molar-refractivity contribution is 0.0791. The second-order valence-electron chi connectivity index (χ2n) is 6.23. The fourth-order valence-electron chi connectivity index (χ4n) is 3.11. The summed E-state index contributed by atoms with van der Waals surface area (Å²) in [4.78, 5) is 14.3. The standard InChI is InChI=1S/C18H19N5O/c19-15-9-10-22(12-15)18(24)14-7-5-13(6-8-14)11-23-17-4-2-1-3-16(17)20-21-23/h1-8,15H,9-12,19H2. The maximum Gasteiger partial charge on any atom is 0.253 e. The molecule has 1 aliphatic heterocycles. The van der Waals surface area contributed by atoms with Crippen molar-refractivity contribution in [1.82, 2.24) is 19.9 Å². The second-order valence-corrected chi connectivity index (χ2v) is 6.23. The molecule has 3 aromatic rings. The summed E-state index contributed by atoms with van der Waals surface area (Å²) < 4.78 is 1.87. The van der Waals surface area contributed by atoms with Crippen molar-refractivity contribution in [2.45, 2.75) is 19.0 Å². The van der Waals surface area contributed by atoms with E-state index in [4.69, 9.17) is 5.73 Å². The highest BCUT2D eigenvalue weighted by Crippen LogP contribution is 2.15. The van der Waals surface area contributed by atoms with E-state index in [-0.39, 0.29) is 11.9 Å². The third kappa shape index (κ3) is 2.76. The van der Waals surface area contributed by atoms with E-state index in [1.54, 1.807) is 0 Å². The number of benzene rings is 2. The van der Waals surface area contributed by atoms with Gasteiger partial charge in [0.1, 0.15) is 5.52 Å². The van der Waals surface area contributed by atoms with Gasteiger partial charge in [0.25, 0.3) is 5.91 Å². The predicted octanol–water partition coefficient (Wildman–Crippen LogP) is 1.65. The summed E-state index contributed by atoms with van der Waals surface area (Å²) >= 11 is 0. The normalized spacial score (nSPS) is 17.5. The molecule has 6 heteroatoms. The van der Waals surface area contributed by atoms with Gasteiger partial charge in [-0.2, -0.15) is 0 Å². The molecule has 1 aliphatic rings. The van der Waals surface area contributed by atoms with Crippen LogP contribution in [0.2, 0.25) is 0 Å². The summed E-state index contributed by atoms with van der Waals surface area (Å²) in [5.41, 5.74) is 9.55. The SMILES string of the molecule is NC1CCN(C(=O)c2ccc(Cn3nnc4ccccc43)cc2)C1.